The van der Waals surface area contributed by atoms with Gasteiger partial charge in [-0.1, -0.05) is 6.42 Å². The Balaban J connectivity index is 1.65. The highest BCUT2D eigenvalue weighted by atomic mass is 32.2. The average Bonchev–Trinajstić information content (AvgIpc) is 3.02. The Morgan fingerprint density at radius 2 is 1.94 bits per heavy atom. The van der Waals surface area contributed by atoms with E-state index in [0.29, 0.717) is 30.4 Å². The summed E-state index contributed by atoms with van der Waals surface area (Å²) in [6.45, 7) is 1.55. The molecule has 0 saturated carbocycles. The smallest absolute Gasteiger partial charge is 0.341 e. The van der Waals surface area contributed by atoms with Gasteiger partial charge >= 0.3 is 5.97 Å². The van der Waals surface area contributed by atoms with E-state index in [1.54, 1.807) is 11.5 Å². The van der Waals surface area contributed by atoms with Gasteiger partial charge in [0.25, 0.3) is 10.0 Å². The lowest BCUT2D eigenvalue weighted by molar-refractivity contribution is -0.139. The van der Waals surface area contributed by atoms with Crippen LogP contribution in [0.25, 0.3) is 11.4 Å². The van der Waals surface area contributed by atoms with Crippen molar-refractivity contribution in [2.75, 3.05) is 11.3 Å². The van der Waals surface area contributed by atoms with Crippen LogP contribution in [-0.2, 0) is 27.8 Å². The first-order valence-electron chi connectivity index (χ1n) is 10.6. The highest BCUT2D eigenvalue weighted by molar-refractivity contribution is 7.92. The van der Waals surface area contributed by atoms with Crippen LogP contribution in [0.4, 0.5) is 14.5 Å². The van der Waals surface area contributed by atoms with Gasteiger partial charge in [0.2, 0.25) is 0 Å². The molecule has 4 rings (SSSR count). The van der Waals surface area contributed by atoms with Crippen molar-refractivity contribution in [2.24, 2.45) is 0 Å². The quantitative estimate of drug-likeness (QED) is 0.517. The van der Waals surface area contributed by atoms with Gasteiger partial charge in [-0.05, 0) is 49.6 Å². The van der Waals surface area contributed by atoms with E-state index in [0.717, 1.165) is 25.3 Å². The first-order valence-corrected chi connectivity index (χ1v) is 12.0. The summed E-state index contributed by atoms with van der Waals surface area (Å²) in [5.74, 6) is -2.02. The lowest BCUT2D eigenvalue weighted by Gasteiger charge is -2.14. The van der Waals surface area contributed by atoms with E-state index in [-0.39, 0.29) is 22.0 Å². The van der Waals surface area contributed by atoms with Crippen LogP contribution in [0.15, 0.2) is 35.2 Å². The van der Waals surface area contributed by atoms with E-state index in [9.17, 15) is 22.0 Å². The second-order valence-electron chi connectivity index (χ2n) is 7.93. The maximum atomic E-state index is 14.7. The average molecular weight is 493 g/mol. The molecule has 1 aliphatic heterocycles. The second kappa shape index (κ2) is 9.37. The Bertz CT molecular complexity index is 1360. The molecule has 180 valence electrons. The van der Waals surface area contributed by atoms with Gasteiger partial charge in [-0.2, -0.15) is 0 Å². The number of aliphatic carboxylic acids is 1. The number of sulfonamides is 1. The molecule has 0 aliphatic carbocycles. The van der Waals surface area contributed by atoms with Crippen molar-refractivity contribution < 1.29 is 31.8 Å². The molecule has 0 saturated heterocycles. The lowest BCUT2D eigenvalue weighted by Crippen LogP contribution is -2.15. The minimum absolute atomic E-state index is 0.0617. The highest BCUT2D eigenvalue weighted by Gasteiger charge is 2.23. The lowest BCUT2D eigenvalue weighted by atomic mass is 10.1. The molecule has 1 aliphatic rings. The highest BCUT2D eigenvalue weighted by Crippen LogP contribution is 2.31. The summed E-state index contributed by atoms with van der Waals surface area (Å²) in [5.41, 5.74) is -0.130. The standard InChI is InChI=1S/C22H22F2N4O5S/c1-13-9-14(6-7-19(13)33-12-21(29)30)34(31,32)27-18-10-15(16(23)11-17(18)24)22-26-25-20-5-3-2-4-8-28(20)22/h6-7,9-11,27H,2-5,8,12H2,1H3,(H,29,30). The van der Waals surface area contributed by atoms with Crippen LogP contribution in [0.1, 0.15) is 30.7 Å². The van der Waals surface area contributed by atoms with E-state index in [1.807, 2.05) is 0 Å². The fraction of sp³-hybridized carbons (Fsp3) is 0.318. The number of rotatable bonds is 7. The number of carbonyl (C=O) groups is 1. The molecule has 2 aromatic carbocycles. The van der Waals surface area contributed by atoms with Crippen molar-refractivity contribution in [1.82, 2.24) is 14.8 Å². The van der Waals surface area contributed by atoms with E-state index >= 15 is 0 Å². The molecular weight excluding hydrogens is 470 g/mol. The van der Waals surface area contributed by atoms with E-state index < -0.39 is 39.9 Å². The number of carboxylic acids is 1. The number of hydrogen-bond donors (Lipinski definition) is 2. The zero-order valence-electron chi connectivity index (χ0n) is 18.2. The van der Waals surface area contributed by atoms with Crippen molar-refractivity contribution in [1.29, 1.82) is 0 Å². The van der Waals surface area contributed by atoms with Crippen LogP contribution in [-0.4, -0.2) is 40.9 Å². The Kier molecular flexibility index (Phi) is 6.51. The number of carboxylic acid groups (broad SMARTS) is 1. The van der Waals surface area contributed by atoms with Crippen LogP contribution in [0.2, 0.25) is 0 Å². The molecule has 0 amide bonds. The van der Waals surface area contributed by atoms with Gasteiger partial charge in [0.1, 0.15) is 23.2 Å². The van der Waals surface area contributed by atoms with Gasteiger partial charge in [0.15, 0.2) is 12.4 Å². The number of nitrogens with one attached hydrogen (secondary N) is 1. The third-order valence-electron chi connectivity index (χ3n) is 5.46. The molecule has 12 heteroatoms. The molecular formula is C22H22F2N4O5S. The van der Waals surface area contributed by atoms with E-state index in [1.165, 1.54) is 18.2 Å². The molecule has 2 heterocycles. The number of aryl methyl sites for hydroxylation is 2. The van der Waals surface area contributed by atoms with E-state index in [4.69, 9.17) is 9.84 Å². The Hall–Kier alpha value is -3.54. The molecule has 2 N–H and O–H groups in total. The summed E-state index contributed by atoms with van der Waals surface area (Å²) in [6, 6.07) is 5.46. The first kappa shape index (κ1) is 23.6. The molecule has 0 unspecified atom stereocenters. The predicted molar refractivity (Wildman–Crippen MR) is 118 cm³/mol. The Morgan fingerprint density at radius 1 is 1.15 bits per heavy atom. The van der Waals surface area contributed by atoms with Crippen molar-refractivity contribution in [3.63, 3.8) is 0 Å². The normalized spacial score (nSPS) is 13.7. The van der Waals surface area contributed by atoms with Crippen molar-refractivity contribution in [2.45, 2.75) is 44.0 Å². The number of anilines is 1. The number of aromatic nitrogens is 3. The molecule has 0 spiro atoms. The third-order valence-corrected chi connectivity index (χ3v) is 6.82. The van der Waals surface area contributed by atoms with Crippen LogP contribution in [0, 0.1) is 18.6 Å². The molecule has 0 fully saturated rings. The summed E-state index contributed by atoms with van der Waals surface area (Å²) in [5, 5.41) is 16.9. The van der Waals surface area contributed by atoms with Crippen LogP contribution < -0.4 is 9.46 Å². The largest absolute Gasteiger partial charge is 0.482 e. The monoisotopic (exact) mass is 492 g/mol. The fourth-order valence-corrected chi connectivity index (χ4v) is 4.92. The number of benzene rings is 2. The van der Waals surface area contributed by atoms with E-state index in [2.05, 4.69) is 14.9 Å². The number of nitrogens with zero attached hydrogens (tertiary/aromatic N) is 3. The first-order chi connectivity index (χ1) is 16.2. The van der Waals surface area contributed by atoms with Gasteiger partial charge in [0.05, 0.1) is 16.1 Å². The van der Waals surface area contributed by atoms with Crippen LogP contribution in [0.3, 0.4) is 0 Å². The van der Waals surface area contributed by atoms with Crippen molar-refractivity contribution >= 4 is 21.7 Å². The summed E-state index contributed by atoms with van der Waals surface area (Å²) in [6.07, 6.45) is 3.50. The van der Waals surface area contributed by atoms with Gasteiger partial charge in [-0.15, -0.1) is 10.2 Å². The summed E-state index contributed by atoms with van der Waals surface area (Å²) < 4.78 is 64.1. The topological polar surface area (TPSA) is 123 Å². The zero-order valence-corrected chi connectivity index (χ0v) is 19.0. The van der Waals surface area contributed by atoms with Crippen molar-refractivity contribution in [3.8, 4) is 17.1 Å². The minimum Gasteiger partial charge on any atom is -0.482 e. The molecule has 0 bridgehead atoms. The van der Waals surface area contributed by atoms with Crippen LogP contribution in [0.5, 0.6) is 5.75 Å². The Labute approximate surface area is 194 Å². The molecule has 3 aromatic rings. The molecule has 0 atom stereocenters. The van der Waals surface area contributed by atoms with Crippen molar-refractivity contribution in [3.05, 3.63) is 53.4 Å². The maximum Gasteiger partial charge on any atom is 0.341 e. The number of hydrogen-bond acceptors (Lipinski definition) is 6. The van der Waals surface area contributed by atoms with Gasteiger partial charge in [-0.25, -0.2) is 22.0 Å². The number of halogens is 2. The maximum absolute atomic E-state index is 14.7. The van der Waals surface area contributed by atoms with Gasteiger partial charge in [0, 0.05) is 19.0 Å². The number of ether oxygens (including phenoxy) is 1. The Morgan fingerprint density at radius 3 is 2.68 bits per heavy atom. The summed E-state index contributed by atoms with van der Waals surface area (Å²) in [7, 11) is -4.26. The molecule has 9 nitrogen and oxygen atoms in total. The van der Waals surface area contributed by atoms with Gasteiger partial charge < -0.3 is 14.4 Å². The SMILES string of the molecule is Cc1cc(S(=O)(=O)Nc2cc(-c3nnc4n3CCCCC4)c(F)cc2F)ccc1OCC(=O)O. The summed E-state index contributed by atoms with van der Waals surface area (Å²) >= 11 is 0. The fourth-order valence-electron chi connectivity index (χ4n) is 3.78. The third kappa shape index (κ3) is 4.86. The number of fused-ring (bicyclic) bond motifs is 1. The minimum atomic E-state index is -4.26. The second-order valence-corrected chi connectivity index (χ2v) is 9.61. The summed E-state index contributed by atoms with van der Waals surface area (Å²) in [4.78, 5) is 10.5. The molecule has 34 heavy (non-hydrogen) atoms. The molecule has 1 aromatic heterocycles. The van der Waals surface area contributed by atoms with Crippen LogP contribution >= 0.6 is 0 Å². The van der Waals surface area contributed by atoms with Gasteiger partial charge in [-0.3, -0.25) is 4.72 Å². The zero-order chi connectivity index (χ0) is 24.5. The molecule has 0 radical (unpaired) electrons. The predicted octanol–water partition coefficient (Wildman–Crippen LogP) is 3.52.